The molecule has 0 heterocycles. The van der Waals surface area contributed by atoms with Crippen molar-refractivity contribution in [2.24, 2.45) is 0 Å². The molecule has 0 N–H and O–H groups in total. The van der Waals surface area contributed by atoms with E-state index in [1.54, 1.807) is 0 Å². The highest BCUT2D eigenvalue weighted by Crippen LogP contribution is 2.12. The van der Waals surface area contributed by atoms with Crippen LogP contribution in [-0.4, -0.2) is 37.2 Å². The van der Waals surface area contributed by atoms with Crippen LogP contribution in [0.25, 0.3) is 0 Å². The molecular weight excluding hydrogens is 793 g/mol. The Morgan fingerprint density at radius 1 is 0.328 bits per heavy atom. The summed E-state index contributed by atoms with van der Waals surface area (Å²) >= 11 is 0. The minimum absolute atomic E-state index is 0.110. The molecule has 0 spiro atoms. The molecule has 0 bridgehead atoms. The number of carbonyl (C=O) groups excluding carboxylic acids is 3. The molecule has 0 amide bonds. The fraction of sp³-hybridized carbons (Fsp3) is 0.603. The van der Waals surface area contributed by atoms with E-state index in [-0.39, 0.29) is 37.5 Å². The number of hydrogen-bond acceptors (Lipinski definition) is 6. The van der Waals surface area contributed by atoms with Crippen molar-refractivity contribution in [2.75, 3.05) is 13.2 Å². The number of esters is 3. The zero-order valence-corrected chi connectivity index (χ0v) is 41.0. The molecule has 6 heteroatoms. The van der Waals surface area contributed by atoms with E-state index in [0.29, 0.717) is 19.3 Å². The monoisotopic (exact) mass is 885 g/mol. The van der Waals surface area contributed by atoms with Gasteiger partial charge in [-0.05, 0) is 103 Å². The summed E-state index contributed by atoms with van der Waals surface area (Å²) in [5.74, 6) is -1.00. The van der Waals surface area contributed by atoms with Gasteiger partial charge in [0, 0.05) is 19.3 Å². The SMILES string of the molecule is CC/C=C\C/C=C\C/C=C\C/C=C\C/C=C\CCCCCCCC(=O)OCC(COC(=O)CCCCCCCCCC)OC(=O)CCC/C=C\C/C=C\C/C=C\C/C=C\C/C=C\CC. The molecule has 0 aliphatic heterocycles. The second-order valence-electron chi connectivity index (χ2n) is 16.3. The molecule has 0 radical (unpaired) electrons. The van der Waals surface area contributed by atoms with Crippen LogP contribution in [0.5, 0.6) is 0 Å². The van der Waals surface area contributed by atoms with Crippen molar-refractivity contribution in [3.63, 3.8) is 0 Å². The number of hydrogen-bond donors (Lipinski definition) is 0. The predicted molar refractivity (Wildman–Crippen MR) is 274 cm³/mol. The van der Waals surface area contributed by atoms with Crippen molar-refractivity contribution in [1.29, 1.82) is 0 Å². The summed E-state index contributed by atoms with van der Waals surface area (Å²) in [5.41, 5.74) is 0. The Balaban J connectivity index is 4.44. The lowest BCUT2D eigenvalue weighted by atomic mass is 10.1. The molecule has 1 atom stereocenters. The van der Waals surface area contributed by atoms with Gasteiger partial charge in [0.2, 0.25) is 0 Å². The molecule has 0 aromatic rings. The first kappa shape index (κ1) is 59.8. The minimum atomic E-state index is -0.816. The number of unbranched alkanes of at least 4 members (excludes halogenated alkanes) is 13. The van der Waals surface area contributed by atoms with Gasteiger partial charge in [-0.15, -0.1) is 0 Å². The molecule has 0 aliphatic rings. The van der Waals surface area contributed by atoms with E-state index >= 15 is 0 Å². The Morgan fingerprint density at radius 3 is 1.00 bits per heavy atom. The van der Waals surface area contributed by atoms with Gasteiger partial charge in [0.15, 0.2) is 6.10 Å². The van der Waals surface area contributed by atoms with E-state index in [4.69, 9.17) is 14.2 Å². The van der Waals surface area contributed by atoms with Crippen LogP contribution in [0.1, 0.15) is 207 Å². The van der Waals surface area contributed by atoms with Gasteiger partial charge >= 0.3 is 17.9 Å². The first-order valence-electron chi connectivity index (χ1n) is 25.5. The fourth-order valence-corrected chi connectivity index (χ4v) is 6.44. The number of carbonyl (C=O) groups is 3. The van der Waals surface area contributed by atoms with Gasteiger partial charge in [-0.3, -0.25) is 14.4 Å². The maximum atomic E-state index is 12.8. The van der Waals surface area contributed by atoms with Gasteiger partial charge in [-0.2, -0.15) is 0 Å². The van der Waals surface area contributed by atoms with Gasteiger partial charge < -0.3 is 14.2 Å². The van der Waals surface area contributed by atoms with Crippen molar-refractivity contribution < 1.29 is 28.6 Å². The summed E-state index contributed by atoms with van der Waals surface area (Å²) in [5, 5.41) is 0. The van der Waals surface area contributed by atoms with E-state index in [1.807, 2.05) is 0 Å². The third-order valence-corrected chi connectivity index (χ3v) is 10.2. The third-order valence-electron chi connectivity index (χ3n) is 10.2. The van der Waals surface area contributed by atoms with E-state index in [2.05, 4.69) is 142 Å². The Bertz CT molecular complexity index is 1390. The smallest absolute Gasteiger partial charge is 0.306 e. The Kier molecular flexibility index (Phi) is 48.1. The molecule has 0 aromatic heterocycles. The van der Waals surface area contributed by atoms with Gasteiger partial charge in [-0.25, -0.2) is 0 Å². The molecule has 0 saturated heterocycles. The van der Waals surface area contributed by atoms with E-state index in [9.17, 15) is 14.4 Å². The normalized spacial score (nSPS) is 13.1. The molecule has 0 aliphatic carbocycles. The first-order valence-corrected chi connectivity index (χ1v) is 25.5. The van der Waals surface area contributed by atoms with Crippen molar-refractivity contribution in [2.45, 2.75) is 213 Å². The summed E-state index contributed by atoms with van der Waals surface area (Å²) < 4.78 is 16.7. The van der Waals surface area contributed by atoms with Gasteiger partial charge in [0.25, 0.3) is 0 Å². The van der Waals surface area contributed by atoms with Crippen molar-refractivity contribution in [3.05, 3.63) is 122 Å². The van der Waals surface area contributed by atoms with Gasteiger partial charge in [0.1, 0.15) is 13.2 Å². The highest BCUT2D eigenvalue weighted by atomic mass is 16.6. The number of rotatable bonds is 44. The standard InChI is InChI=1S/C58H92O6/c1-4-7-10-13-16-19-21-23-25-27-28-29-30-32-33-35-37-39-42-45-48-51-57(60)63-54-55(53-62-56(59)50-47-44-41-18-15-12-9-6-3)64-58(61)52-49-46-43-40-38-36-34-31-26-24-22-20-17-14-11-8-5-2/h7-8,10-11,16-17,19-20,23-26,28-29,32-34,36,40,43,55H,4-6,9,12-15,18,21-22,27,30-31,35,37-39,41-42,44-54H2,1-3H3/b10-7-,11-8-,19-16-,20-17-,25-23-,26-24-,29-28-,33-32-,36-34-,43-40-. The molecule has 0 rings (SSSR count). The van der Waals surface area contributed by atoms with E-state index in [0.717, 1.165) is 128 Å². The summed E-state index contributed by atoms with van der Waals surface area (Å²) in [7, 11) is 0. The average Bonchev–Trinajstić information content (AvgIpc) is 3.29. The minimum Gasteiger partial charge on any atom is -0.462 e. The molecule has 6 nitrogen and oxygen atoms in total. The second-order valence-corrected chi connectivity index (χ2v) is 16.3. The van der Waals surface area contributed by atoms with Crippen molar-refractivity contribution in [1.82, 2.24) is 0 Å². The highest BCUT2D eigenvalue weighted by molar-refractivity contribution is 5.71. The Hall–Kier alpha value is -4.19. The van der Waals surface area contributed by atoms with Crippen LogP contribution in [0, 0.1) is 0 Å². The van der Waals surface area contributed by atoms with E-state index < -0.39 is 6.10 Å². The first-order chi connectivity index (χ1) is 31.5. The largest absolute Gasteiger partial charge is 0.462 e. The van der Waals surface area contributed by atoms with Crippen LogP contribution in [0.3, 0.4) is 0 Å². The maximum absolute atomic E-state index is 12.8. The molecule has 0 fully saturated rings. The summed E-state index contributed by atoms with van der Waals surface area (Å²) in [6.45, 7) is 6.29. The Labute approximate surface area is 392 Å². The second kappa shape index (κ2) is 51.4. The molecular formula is C58H92O6. The zero-order chi connectivity index (χ0) is 46.5. The maximum Gasteiger partial charge on any atom is 0.306 e. The van der Waals surface area contributed by atoms with Crippen LogP contribution < -0.4 is 0 Å². The van der Waals surface area contributed by atoms with Crippen LogP contribution >= 0.6 is 0 Å². The van der Waals surface area contributed by atoms with Gasteiger partial charge in [0.05, 0.1) is 0 Å². The van der Waals surface area contributed by atoms with Gasteiger partial charge in [-0.1, -0.05) is 206 Å². The lowest BCUT2D eigenvalue weighted by Gasteiger charge is -2.18. The molecule has 0 saturated carbocycles. The molecule has 0 aromatic carbocycles. The molecule has 360 valence electrons. The highest BCUT2D eigenvalue weighted by Gasteiger charge is 2.19. The molecule has 64 heavy (non-hydrogen) atoms. The zero-order valence-electron chi connectivity index (χ0n) is 41.0. The third kappa shape index (κ3) is 48.8. The average molecular weight is 885 g/mol. The van der Waals surface area contributed by atoms with Crippen LogP contribution in [-0.2, 0) is 28.6 Å². The molecule has 1 unspecified atom stereocenters. The van der Waals surface area contributed by atoms with E-state index in [1.165, 1.54) is 32.1 Å². The topological polar surface area (TPSA) is 78.9 Å². The number of ether oxygens (including phenoxy) is 3. The fourth-order valence-electron chi connectivity index (χ4n) is 6.44. The van der Waals surface area contributed by atoms with Crippen molar-refractivity contribution >= 4 is 17.9 Å². The van der Waals surface area contributed by atoms with Crippen LogP contribution in [0.2, 0.25) is 0 Å². The summed E-state index contributed by atoms with van der Waals surface area (Å²) in [6, 6.07) is 0. The van der Waals surface area contributed by atoms with Crippen molar-refractivity contribution in [3.8, 4) is 0 Å². The lowest BCUT2D eigenvalue weighted by Crippen LogP contribution is -2.30. The quantitative estimate of drug-likeness (QED) is 0.0262. The summed E-state index contributed by atoms with van der Waals surface area (Å²) in [6.07, 6.45) is 70.5. The number of allylic oxidation sites excluding steroid dienone is 20. The van der Waals surface area contributed by atoms with Crippen LogP contribution in [0.15, 0.2) is 122 Å². The predicted octanol–water partition coefficient (Wildman–Crippen LogP) is 16.9. The van der Waals surface area contributed by atoms with Crippen LogP contribution in [0.4, 0.5) is 0 Å². The Morgan fingerprint density at radius 2 is 0.625 bits per heavy atom. The summed E-state index contributed by atoms with van der Waals surface area (Å²) in [4.78, 5) is 37.8. The lowest BCUT2D eigenvalue weighted by molar-refractivity contribution is -0.167.